The molecule has 0 aliphatic carbocycles. The topological polar surface area (TPSA) is 135 Å². The first kappa shape index (κ1) is 24.8. The first-order chi connectivity index (χ1) is 17.0. The summed E-state index contributed by atoms with van der Waals surface area (Å²) in [5.41, 5.74) is 1.35. The van der Waals surface area contributed by atoms with Crippen molar-refractivity contribution in [2.45, 2.75) is 50.2 Å². The molecule has 0 bridgehead atoms. The number of rotatable bonds is 6. The Morgan fingerprint density at radius 3 is 2.77 bits per heavy atom. The highest BCUT2D eigenvalue weighted by atomic mass is 16.5. The highest BCUT2D eigenvalue weighted by molar-refractivity contribution is 5.89. The Morgan fingerprint density at radius 2 is 2.03 bits per heavy atom. The molecule has 1 aromatic carbocycles. The minimum atomic E-state index is -0.803. The van der Waals surface area contributed by atoms with E-state index in [1.54, 1.807) is 48.5 Å². The van der Waals surface area contributed by atoms with Gasteiger partial charge >= 0.3 is 6.03 Å². The van der Waals surface area contributed by atoms with Gasteiger partial charge in [0.1, 0.15) is 18.2 Å². The van der Waals surface area contributed by atoms with Gasteiger partial charge in [0, 0.05) is 11.9 Å². The second-order valence-corrected chi connectivity index (χ2v) is 8.63. The number of aliphatic hydroxyl groups is 1. The average Bonchev–Trinajstić information content (AvgIpc) is 2.86. The van der Waals surface area contributed by atoms with Gasteiger partial charge in [-0.1, -0.05) is 0 Å². The summed E-state index contributed by atoms with van der Waals surface area (Å²) < 4.78 is 17.0. The molecule has 11 nitrogen and oxygen atoms in total. The van der Waals surface area contributed by atoms with Crippen molar-refractivity contribution in [3.05, 3.63) is 48.5 Å². The summed E-state index contributed by atoms with van der Waals surface area (Å²) in [6.45, 7) is 0.771. The molecule has 188 valence electrons. The van der Waals surface area contributed by atoms with Crippen molar-refractivity contribution >= 4 is 17.6 Å². The van der Waals surface area contributed by atoms with E-state index in [0.717, 1.165) is 5.69 Å². The molecule has 3 heterocycles. The number of amides is 3. The molecule has 2 aromatic rings. The van der Waals surface area contributed by atoms with Gasteiger partial charge in [0.2, 0.25) is 5.91 Å². The maximum absolute atomic E-state index is 13.2. The Balaban J connectivity index is 1.35. The fraction of sp³-hybridized carbons (Fsp3) is 0.500. The van der Waals surface area contributed by atoms with Crippen LogP contribution in [0.2, 0.25) is 0 Å². The van der Waals surface area contributed by atoms with Crippen molar-refractivity contribution in [1.82, 2.24) is 20.2 Å². The number of benzene rings is 1. The lowest BCUT2D eigenvalue weighted by atomic mass is 9.95. The van der Waals surface area contributed by atoms with Gasteiger partial charge in [-0.15, -0.1) is 0 Å². The molecule has 3 N–H and O–H groups in total. The van der Waals surface area contributed by atoms with Crippen LogP contribution in [0.4, 0.5) is 10.5 Å². The largest absolute Gasteiger partial charge is 0.497 e. The maximum Gasteiger partial charge on any atom is 0.322 e. The number of hydrogen-bond acceptors (Lipinski definition) is 8. The summed E-state index contributed by atoms with van der Waals surface area (Å²) in [5.74, 6) is 0.554. The summed E-state index contributed by atoms with van der Waals surface area (Å²) in [6.07, 6.45) is 3.00. The van der Waals surface area contributed by atoms with E-state index >= 15 is 0 Å². The Labute approximate surface area is 203 Å². The minimum Gasteiger partial charge on any atom is -0.497 e. The molecule has 2 aliphatic rings. The van der Waals surface area contributed by atoms with Gasteiger partial charge in [0.25, 0.3) is 0 Å². The molecule has 3 amide bonds. The number of β-amino-alcohol motifs (C(OH)–C–C–N with tert-alkyl or cyclic N) is 1. The number of nitrogens with one attached hydrogen (secondary N) is 2. The molecule has 2 saturated heterocycles. The van der Waals surface area contributed by atoms with Gasteiger partial charge in [-0.3, -0.25) is 4.79 Å². The Kier molecular flexibility index (Phi) is 8.45. The smallest absolute Gasteiger partial charge is 0.322 e. The van der Waals surface area contributed by atoms with Crippen molar-refractivity contribution < 1.29 is 28.9 Å². The molecular weight excluding hydrogens is 454 g/mol. The lowest BCUT2D eigenvalue weighted by Crippen LogP contribution is -2.58. The fourth-order valence-corrected chi connectivity index (χ4v) is 4.33. The summed E-state index contributed by atoms with van der Waals surface area (Å²) >= 11 is 0. The number of aromatic nitrogens is 2. The summed E-state index contributed by atoms with van der Waals surface area (Å²) in [7, 11) is 1.58. The van der Waals surface area contributed by atoms with Crippen LogP contribution in [0.3, 0.4) is 0 Å². The standard InChI is InChI=1S/C24H31N5O6/c1-33-19-4-2-16(3-5-19)28-24(32)29-12-18(30)13-34-14-22-21(29)7-6-20(35-22)10-23(31)26-11-17-8-9-25-15-27-17/h2-5,8-9,15,18,20-22,30H,6-7,10-14H2,1H3,(H,26,31)(H,28,32)/t18-,20+,21+,22-/m1/s1. The van der Waals surface area contributed by atoms with Crippen molar-refractivity contribution in [1.29, 1.82) is 0 Å². The molecule has 0 saturated carbocycles. The predicted molar refractivity (Wildman–Crippen MR) is 126 cm³/mol. The van der Waals surface area contributed by atoms with Crippen LogP contribution in [0.5, 0.6) is 5.75 Å². The lowest BCUT2D eigenvalue weighted by molar-refractivity contribution is -0.149. The van der Waals surface area contributed by atoms with Gasteiger partial charge in [-0.2, -0.15) is 0 Å². The zero-order valence-electron chi connectivity index (χ0n) is 19.6. The van der Waals surface area contributed by atoms with E-state index in [4.69, 9.17) is 14.2 Å². The highest BCUT2D eigenvalue weighted by Gasteiger charge is 2.40. The second-order valence-electron chi connectivity index (χ2n) is 8.63. The monoisotopic (exact) mass is 485 g/mol. The molecule has 1 aromatic heterocycles. The first-order valence-corrected chi connectivity index (χ1v) is 11.7. The SMILES string of the molecule is COc1ccc(NC(=O)N2C[C@@H](O)COC[C@H]3O[C@H](CC(=O)NCc4ccncn4)CC[C@@H]32)cc1. The van der Waals surface area contributed by atoms with Crippen LogP contribution in [0, 0.1) is 0 Å². The quantitative estimate of drug-likeness (QED) is 0.558. The van der Waals surface area contributed by atoms with Crippen LogP contribution in [0.25, 0.3) is 0 Å². The van der Waals surface area contributed by atoms with E-state index in [1.807, 2.05) is 0 Å². The predicted octanol–water partition coefficient (Wildman–Crippen LogP) is 1.33. The number of carbonyl (C=O) groups excluding carboxylic acids is 2. The third kappa shape index (κ3) is 6.87. The number of fused-ring (bicyclic) bond motifs is 1. The molecule has 4 rings (SSSR count). The molecule has 0 spiro atoms. The number of hydrogen-bond donors (Lipinski definition) is 3. The number of ether oxygens (including phenoxy) is 3. The summed E-state index contributed by atoms with van der Waals surface area (Å²) in [4.78, 5) is 35.2. The van der Waals surface area contributed by atoms with Crippen LogP contribution in [0.1, 0.15) is 25.0 Å². The van der Waals surface area contributed by atoms with Crippen LogP contribution in [-0.4, -0.2) is 83.1 Å². The third-order valence-corrected chi connectivity index (χ3v) is 6.11. The highest BCUT2D eigenvalue weighted by Crippen LogP contribution is 2.28. The molecule has 0 unspecified atom stereocenters. The van der Waals surface area contributed by atoms with Crippen molar-refractivity contribution in [3.8, 4) is 5.75 Å². The van der Waals surface area contributed by atoms with Gasteiger partial charge < -0.3 is 34.9 Å². The van der Waals surface area contributed by atoms with E-state index < -0.39 is 12.2 Å². The number of methoxy groups -OCH3 is 1. The third-order valence-electron chi connectivity index (χ3n) is 6.11. The van der Waals surface area contributed by atoms with Gasteiger partial charge in [-0.05, 0) is 43.2 Å². The number of anilines is 1. The molecule has 2 fully saturated rings. The molecule has 0 radical (unpaired) electrons. The van der Waals surface area contributed by atoms with Gasteiger partial charge in [0.05, 0.1) is 63.8 Å². The van der Waals surface area contributed by atoms with Crippen LogP contribution in [0.15, 0.2) is 42.9 Å². The zero-order chi connectivity index (χ0) is 24.6. The van der Waals surface area contributed by atoms with Crippen LogP contribution >= 0.6 is 0 Å². The molecule has 11 heteroatoms. The Bertz CT molecular complexity index is 976. The number of urea groups is 1. The van der Waals surface area contributed by atoms with Crippen molar-refractivity contribution in [2.75, 3.05) is 32.2 Å². The second kappa shape index (κ2) is 11.9. The van der Waals surface area contributed by atoms with E-state index in [2.05, 4.69) is 20.6 Å². The van der Waals surface area contributed by atoms with Gasteiger partial charge in [0.15, 0.2) is 0 Å². The molecule has 2 aliphatic heterocycles. The van der Waals surface area contributed by atoms with E-state index in [0.29, 0.717) is 30.8 Å². The molecular formula is C24H31N5O6. The Morgan fingerprint density at radius 1 is 1.20 bits per heavy atom. The van der Waals surface area contributed by atoms with E-state index in [9.17, 15) is 14.7 Å². The van der Waals surface area contributed by atoms with Crippen molar-refractivity contribution in [2.24, 2.45) is 0 Å². The summed E-state index contributed by atoms with van der Waals surface area (Å²) in [5, 5.41) is 16.1. The number of carbonyl (C=O) groups is 2. The van der Waals surface area contributed by atoms with E-state index in [1.165, 1.54) is 6.33 Å². The lowest BCUT2D eigenvalue weighted by Gasteiger charge is -2.44. The van der Waals surface area contributed by atoms with E-state index in [-0.39, 0.29) is 50.3 Å². The van der Waals surface area contributed by atoms with Crippen LogP contribution < -0.4 is 15.4 Å². The average molecular weight is 486 g/mol. The molecule has 35 heavy (non-hydrogen) atoms. The number of nitrogens with zero attached hydrogens (tertiary/aromatic N) is 3. The van der Waals surface area contributed by atoms with Crippen LogP contribution in [-0.2, 0) is 20.8 Å². The van der Waals surface area contributed by atoms with Crippen molar-refractivity contribution in [3.63, 3.8) is 0 Å². The first-order valence-electron chi connectivity index (χ1n) is 11.7. The number of aliphatic hydroxyl groups excluding tert-OH is 1. The minimum absolute atomic E-state index is 0.100. The van der Waals surface area contributed by atoms with Gasteiger partial charge in [-0.25, -0.2) is 14.8 Å². The Hall–Kier alpha value is -3.28. The maximum atomic E-state index is 13.2. The summed E-state index contributed by atoms with van der Waals surface area (Å²) in [6, 6.07) is 8.17. The molecule has 4 atom stereocenters. The zero-order valence-corrected chi connectivity index (χ0v) is 19.6. The fourth-order valence-electron chi connectivity index (χ4n) is 4.33. The normalized spacial score (nSPS) is 24.5.